The number of unbranched alkanes of at least 4 members (excludes halogenated alkanes) is 13. The van der Waals surface area contributed by atoms with Crippen molar-refractivity contribution in [3.63, 3.8) is 0 Å². The third kappa shape index (κ3) is 16.0. The smallest absolute Gasteiger partial charge is 0.305 e. The topological polar surface area (TPSA) is 116 Å². The van der Waals surface area contributed by atoms with Crippen LogP contribution < -0.4 is 0 Å². The van der Waals surface area contributed by atoms with E-state index in [9.17, 15) is 20.1 Å². The lowest BCUT2D eigenvalue weighted by molar-refractivity contribution is -0.273. The number of ether oxygens (including phenoxy) is 2. The summed E-state index contributed by atoms with van der Waals surface area (Å²) in [6, 6.07) is 0. The number of aliphatic carboxylic acids is 1. The lowest BCUT2D eigenvalue weighted by atomic mass is 10.0. The van der Waals surface area contributed by atoms with Gasteiger partial charge in [-0.05, 0) is 26.7 Å². The number of aliphatic hydroxyl groups excluding tert-OH is 3. The number of aliphatic hydroxyl groups is 3. The van der Waals surface area contributed by atoms with Crippen LogP contribution in [0.1, 0.15) is 129 Å². The standard InChI is InChI=1S/C27H52O7/c1-21(33-27-25(30)20-24(29)22(2)34-27)17-15-13-11-9-7-5-3-4-6-8-10-12-14-16-18-23(28)19-26(31)32/h21-25,27-30H,3-20H2,1-2H3,(H,31,32). The fourth-order valence-corrected chi connectivity index (χ4v) is 4.60. The maximum absolute atomic E-state index is 10.5. The van der Waals surface area contributed by atoms with E-state index in [0.29, 0.717) is 12.8 Å². The van der Waals surface area contributed by atoms with Crippen molar-refractivity contribution >= 4 is 5.97 Å². The zero-order valence-electron chi connectivity index (χ0n) is 21.7. The lowest BCUT2D eigenvalue weighted by Gasteiger charge is -2.36. The highest BCUT2D eigenvalue weighted by Crippen LogP contribution is 2.23. The Morgan fingerprint density at radius 1 is 0.824 bits per heavy atom. The highest BCUT2D eigenvalue weighted by atomic mass is 16.7. The van der Waals surface area contributed by atoms with Gasteiger partial charge in [0.2, 0.25) is 0 Å². The maximum Gasteiger partial charge on any atom is 0.305 e. The van der Waals surface area contributed by atoms with Crippen molar-refractivity contribution < 1.29 is 34.7 Å². The SMILES string of the molecule is CC(CCCCCCCCCCCCCCCCC(O)CC(=O)O)OC1OC(C)C(O)CC1O. The summed E-state index contributed by atoms with van der Waals surface area (Å²) in [5.74, 6) is -0.923. The third-order valence-corrected chi connectivity index (χ3v) is 6.86. The second kappa shape index (κ2) is 19.5. The van der Waals surface area contributed by atoms with Gasteiger partial charge in [0.15, 0.2) is 6.29 Å². The molecule has 202 valence electrons. The van der Waals surface area contributed by atoms with E-state index < -0.39 is 30.6 Å². The van der Waals surface area contributed by atoms with E-state index in [-0.39, 0.29) is 18.6 Å². The van der Waals surface area contributed by atoms with Crippen LogP contribution in [0.4, 0.5) is 0 Å². The van der Waals surface area contributed by atoms with Crippen molar-refractivity contribution in [2.45, 2.75) is 166 Å². The molecule has 1 aliphatic rings. The Kier molecular flexibility index (Phi) is 17.9. The van der Waals surface area contributed by atoms with Crippen molar-refractivity contribution in [2.24, 2.45) is 0 Å². The van der Waals surface area contributed by atoms with E-state index in [0.717, 1.165) is 25.7 Å². The molecule has 6 atom stereocenters. The first-order chi connectivity index (χ1) is 16.3. The highest BCUT2D eigenvalue weighted by molar-refractivity contribution is 5.67. The quantitative estimate of drug-likeness (QED) is 0.161. The normalized spacial score (nSPS) is 24.7. The van der Waals surface area contributed by atoms with E-state index >= 15 is 0 Å². The monoisotopic (exact) mass is 488 g/mol. The molecule has 6 unspecified atom stereocenters. The van der Waals surface area contributed by atoms with Gasteiger partial charge >= 0.3 is 5.97 Å². The van der Waals surface area contributed by atoms with E-state index in [1.807, 2.05) is 13.8 Å². The van der Waals surface area contributed by atoms with E-state index in [1.54, 1.807) is 0 Å². The third-order valence-electron chi connectivity index (χ3n) is 6.86. The zero-order valence-corrected chi connectivity index (χ0v) is 21.7. The second-order valence-corrected chi connectivity index (χ2v) is 10.3. The van der Waals surface area contributed by atoms with E-state index in [2.05, 4.69) is 0 Å². The van der Waals surface area contributed by atoms with Gasteiger partial charge in [-0.15, -0.1) is 0 Å². The van der Waals surface area contributed by atoms with Gasteiger partial charge in [0, 0.05) is 6.42 Å². The summed E-state index contributed by atoms with van der Waals surface area (Å²) >= 11 is 0. The van der Waals surface area contributed by atoms with Crippen LogP contribution in [-0.4, -0.2) is 63.2 Å². The molecule has 0 aromatic heterocycles. The summed E-state index contributed by atoms with van der Waals surface area (Å²) in [5.41, 5.74) is 0. The molecule has 0 bridgehead atoms. The number of hydrogen-bond acceptors (Lipinski definition) is 6. The van der Waals surface area contributed by atoms with Crippen LogP contribution >= 0.6 is 0 Å². The van der Waals surface area contributed by atoms with Gasteiger partial charge in [-0.3, -0.25) is 4.79 Å². The fourth-order valence-electron chi connectivity index (χ4n) is 4.60. The molecule has 0 aliphatic carbocycles. The fraction of sp³-hybridized carbons (Fsp3) is 0.963. The highest BCUT2D eigenvalue weighted by Gasteiger charge is 2.35. The number of hydrogen-bond donors (Lipinski definition) is 4. The van der Waals surface area contributed by atoms with Crippen molar-refractivity contribution in [2.75, 3.05) is 0 Å². The maximum atomic E-state index is 10.5. The summed E-state index contributed by atoms with van der Waals surface area (Å²) in [7, 11) is 0. The predicted molar refractivity (Wildman–Crippen MR) is 134 cm³/mol. The molecule has 0 spiro atoms. The minimum absolute atomic E-state index is 0.0469. The molecule has 34 heavy (non-hydrogen) atoms. The second-order valence-electron chi connectivity index (χ2n) is 10.3. The molecule has 7 heteroatoms. The van der Waals surface area contributed by atoms with Crippen LogP contribution in [0.15, 0.2) is 0 Å². The van der Waals surface area contributed by atoms with Crippen LogP contribution in [0, 0.1) is 0 Å². The first-order valence-corrected chi connectivity index (χ1v) is 13.9. The summed E-state index contributed by atoms with van der Waals surface area (Å²) in [6.07, 6.45) is 16.0. The first-order valence-electron chi connectivity index (χ1n) is 13.9. The number of carbonyl (C=O) groups is 1. The summed E-state index contributed by atoms with van der Waals surface area (Å²) < 4.78 is 11.4. The Bertz CT molecular complexity index is 501. The molecule has 1 rings (SSSR count). The Morgan fingerprint density at radius 2 is 1.26 bits per heavy atom. The van der Waals surface area contributed by atoms with Gasteiger partial charge in [0.25, 0.3) is 0 Å². The van der Waals surface area contributed by atoms with Crippen LogP contribution in [0.2, 0.25) is 0 Å². The summed E-state index contributed by atoms with van der Waals surface area (Å²) in [5, 5.41) is 37.9. The minimum Gasteiger partial charge on any atom is -0.481 e. The molecule has 0 saturated carbocycles. The summed E-state index contributed by atoms with van der Waals surface area (Å²) in [6.45, 7) is 3.83. The largest absolute Gasteiger partial charge is 0.481 e. The van der Waals surface area contributed by atoms with E-state index in [1.165, 1.54) is 70.6 Å². The van der Waals surface area contributed by atoms with Gasteiger partial charge < -0.3 is 29.9 Å². The molecule has 4 N–H and O–H groups in total. The molecule has 0 aromatic carbocycles. The van der Waals surface area contributed by atoms with Crippen LogP contribution in [-0.2, 0) is 14.3 Å². The summed E-state index contributed by atoms with van der Waals surface area (Å²) in [4.78, 5) is 10.5. The van der Waals surface area contributed by atoms with Gasteiger partial charge in [-0.1, -0.05) is 89.9 Å². The molecule has 0 aromatic rings. The van der Waals surface area contributed by atoms with Crippen LogP contribution in [0.25, 0.3) is 0 Å². The molecule has 1 saturated heterocycles. The molecule has 0 amide bonds. The number of carboxylic acid groups (broad SMARTS) is 1. The lowest BCUT2D eigenvalue weighted by Crippen LogP contribution is -2.48. The van der Waals surface area contributed by atoms with E-state index in [4.69, 9.17) is 14.6 Å². The van der Waals surface area contributed by atoms with Crippen molar-refractivity contribution in [1.29, 1.82) is 0 Å². The van der Waals surface area contributed by atoms with Crippen molar-refractivity contribution in [3.8, 4) is 0 Å². The Hall–Kier alpha value is -0.730. The Balaban J connectivity index is 1.81. The average Bonchev–Trinajstić information content (AvgIpc) is 2.76. The average molecular weight is 489 g/mol. The van der Waals surface area contributed by atoms with Gasteiger partial charge in [-0.2, -0.15) is 0 Å². The van der Waals surface area contributed by atoms with Gasteiger partial charge in [0.1, 0.15) is 6.10 Å². The number of carboxylic acids is 1. The zero-order chi connectivity index (χ0) is 25.2. The van der Waals surface area contributed by atoms with Crippen molar-refractivity contribution in [1.82, 2.24) is 0 Å². The van der Waals surface area contributed by atoms with Crippen LogP contribution in [0.5, 0.6) is 0 Å². The molecule has 1 fully saturated rings. The molecular weight excluding hydrogens is 436 g/mol. The molecule has 0 radical (unpaired) electrons. The predicted octanol–water partition coefficient (Wildman–Crippen LogP) is 5.33. The minimum atomic E-state index is -0.923. The number of rotatable bonds is 21. The van der Waals surface area contributed by atoms with Crippen LogP contribution in [0.3, 0.4) is 0 Å². The first kappa shape index (κ1) is 31.3. The Morgan fingerprint density at radius 3 is 1.74 bits per heavy atom. The molecular formula is C27H52O7. The van der Waals surface area contributed by atoms with Crippen molar-refractivity contribution in [3.05, 3.63) is 0 Å². The Labute approximate surface area is 207 Å². The van der Waals surface area contributed by atoms with Gasteiger partial charge in [0.05, 0.1) is 30.8 Å². The molecule has 1 aliphatic heterocycles. The molecule has 1 heterocycles. The molecule has 7 nitrogen and oxygen atoms in total. The van der Waals surface area contributed by atoms with Gasteiger partial charge in [-0.25, -0.2) is 0 Å².